The predicted molar refractivity (Wildman–Crippen MR) is 130 cm³/mol. The van der Waals surface area contributed by atoms with Crippen LogP contribution in [0.3, 0.4) is 0 Å². The van der Waals surface area contributed by atoms with Crippen molar-refractivity contribution >= 4 is 10.1 Å². The quantitative estimate of drug-likeness (QED) is 0.373. The fraction of sp³-hybridized carbons (Fsp3) is 0.760. The summed E-state index contributed by atoms with van der Waals surface area (Å²) in [6.07, 6.45) is 3.03. The Morgan fingerprint density at radius 1 is 0.906 bits per heavy atom. The second kappa shape index (κ2) is 9.80. The number of ether oxygens (including phenoxy) is 2. The molecule has 0 saturated heterocycles. The SMILES string of the molecule is CCCC(C)(C)C(c1c(O)c(S(=O)(=O)O)c(OC)c(CC)c1OC)C(C)(C)CC(C)(C)C. The van der Waals surface area contributed by atoms with Crippen LogP contribution in [0.1, 0.15) is 98.6 Å². The Morgan fingerprint density at radius 3 is 1.75 bits per heavy atom. The maximum atomic E-state index is 12.4. The minimum absolute atomic E-state index is 0.00115. The predicted octanol–water partition coefficient (Wildman–Crippen LogP) is 6.59. The normalized spacial score (nSPS) is 14.4. The highest BCUT2D eigenvalue weighted by molar-refractivity contribution is 7.86. The number of hydrogen-bond donors (Lipinski definition) is 2. The minimum Gasteiger partial charge on any atom is -0.506 e. The van der Waals surface area contributed by atoms with Crippen molar-refractivity contribution in [1.29, 1.82) is 0 Å². The van der Waals surface area contributed by atoms with Crippen LogP contribution in [0.25, 0.3) is 0 Å². The van der Waals surface area contributed by atoms with E-state index in [1.165, 1.54) is 14.2 Å². The van der Waals surface area contributed by atoms with Crippen LogP contribution in [0.5, 0.6) is 17.2 Å². The van der Waals surface area contributed by atoms with E-state index in [2.05, 4.69) is 55.4 Å². The molecule has 0 aliphatic heterocycles. The fourth-order valence-corrected chi connectivity index (χ4v) is 6.91. The number of aromatic hydroxyl groups is 1. The minimum atomic E-state index is -4.76. The first-order chi connectivity index (χ1) is 14.4. The third kappa shape index (κ3) is 5.90. The van der Waals surface area contributed by atoms with E-state index in [-0.39, 0.29) is 27.9 Å². The van der Waals surface area contributed by atoms with Gasteiger partial charge in [0.1, 0.15) is 11.5 Å². The van der Waals surface area contributed by atoms with Crippen LogP contribution in [0.4, 0.5) is 0 Å². The summed E-state index contributed by atoms with van der Waals surface area (Å²) < 4.78 is 46.1. The van der Waals surface area contributed by atoms with Crippen molar-refractivity contribution < 1.29 is 27.6 Å². The molecule has 0 spiro atoms. The van der Waals surface area contributed by atoms with Crippen molar-refractivity contribution in [3.05, 3.63) is 11.1 Å². The maximum absolute atomic E-state index is 12.4. The third-order valence-corrected chi connectivity index (χ3v) is 7.12. The molecule has 0 aliphatic carbocycles. The van der Waals surface area contributed by atoms with Gasteiger partial charge < -0.3 is 14.6 Å². The summed E-state index contributed by atoms with van der Waals surface area (Å²) in [5, 5.41) is 11.4. The molecule has 1 atom stereocenters. The van der Waals surface area contributed by atoms with Crippen LogP contribution in [0.15, 0.2) is 4.90 Å². The van der Waals surface area contributed by atoms with E-state index in [4.69, 9.17) is 9.47 Å². The van der Waals surface area contributed by atoms with E-state index >= 15 is 0 Å². The molecule has 0 saturated carbocycles. The van der Waals surface area contributed by atoms with Gasteiger partial charge in [0.2, 0.25) is 0 Å². The zero-order valence-electron chi connectivity index (χ0n) is 21.8. The van der Waals surface area contributed by atoms with Crippen molar-refractivity contribution in [2.45, 2.75) is 98.8 Å². The standard InChI is InChI=1S/C25H44O6S/c1-12-14-24(6,7)22(25(8,9)15-23(3,4)5)17-18(26)21(32(27,28)29)20(31-11)16(13-2)19(17)30-10/h22,26H,12-15H2,1-11H3,(H,27,28,29). The Balaban J connectivity index is 4.27. The molecule has 186 valence electrons. The monoisotopic (exact) mass is 472 g/mol. The second-order valence-corrected chi connectivity index (χ2v) is 12.7. The van der Waals surface area contributed by atoms with E-state index in [9.17, 15) is 18.1 Å². The second-order valence-electron chi connectivity index (χ2n) is 11.4. The van der Waals surface area contributed by atoms with Crippen molar-refractivity contribution in [1.82, 2.24) is 0 Å². The van der Waals surface area contributed by atoms with Gasteiger partial charge in [-0.1, -0.05) is 68.7 Å². The zero-order valence-corrected chi connectivity index (χ0v) is 22.7. The Bertz CT molecular complexity index is 908. The zero-order chi connectivity index (χ0) is 25.3. The van der Waals surface area contributed by atoms with Crippen molar-refractivity contribution in [3.8, 4) is 17.2 Å². The van der Waals surface area contributed by atoms with E-state index in [0.29, 0.717) is 23.3 Å². The van der Waals surface area contributed by atoms with Crippen LogP contribution >= 0.6 is 0 Å². The van der Waals surface area contributed by atoms with Gasteiger partial charge in [-0.15, -0.1) is 0 Å². The third-order valence-electron chi connectivity index (χ3n) is 6.22. The highest BCUT2D eigenvalue weighted by Crippen LogP contribution is 2.60. The molecular formula is C25H44O6S. The molecule has 0 bridgehead atoms. The number of methoxy groups -OCH3 is 2. The first kappa shape index (κ1) is 28.6. The smallest absolute Gasteiger partial charge is 0.301 e. The number of hydrogen-bond acceptors (Lipinski definition) is 5. The first-order valence-electron chi connectivity index (χ1n) is 11.4. The van der Waals surface area contributed by atoms with Gasteiger partial charge in [0.25, 0.3) is 0 Å². The summed E-state index contributed by atoms with van der Waals surface area (Å²) in [7, 11) is -1.92. The van der Waals surface area contributed by atoms with Gasteiger partial charge in [-0.3, -0.25) is 4.55 Å². The molecule has 1 aromatic carbocycles. The van der Waals surface area contributed by atoms with Crippen LogP contribution in [0.2, 0.25) is 0 Å². The van der Waals surface area contributed by atoms with Gasteiger partial charge in [0, 0.05) is 17.0 Å². The van der Waals surface area contributed by atoms with Gasteiger partial charge in [0.15, 0.2) is 10.6 Å². The average Bonchev–Trinajstić information content (AvgIpc) is 2.58. The van der Waals surface area contributed by atoms with Gasteiger partial charge in [-0.25, -0.2) is 0 Å². The molecule has 0 amide bonds. The average molecular weight is 473 g/mol. The molecule has 0 heterocycles. The first-order valence-corrected chi connectivity index (χ1v) is 12.8. The summed E-state index contributed by atoms with van der Waals surface area (Å²) in [5.74, 6) is -0.408. The van der Waals surface area contributed by atoms with Gasteiger partial charge in [0.05, 0.1) is 14.2 Å². The van der Waals surface area contributed by atoms with E-state index in [0.717, 1.165) is 19.3 Å². The Kier molecular flexibility index (Phi) is 8.75. The molecule has 1 unspecified atom stereocenters. The van der Waals surface area contributed by atoms with Crippen LogP contribution in [0, 0.1) is 16.2 Å². The Labute approximate surface area is 195 Å². The lowest BCUT2D eigenvalue weighted by Crippen LogP contribution is -2.37. The van der Waals surface area contributed by atoms with E-state index in [1.54, 1.807) is 0 Å². The fourth-order valence-electron chi connectivity index (χ4n) is 6.11. The lowest BCUT2D eigenvalue weighted by atomic mass is 9.56. The van der Waals surface area contributed by atoms with Crippen molar-refractivity contribution in [2.75, 3.05) is 14.2 Å². The molecular weight excluding hydrogens is 428 g/mol. The largest absolute Gasteiger partial charge is 0.506 e. The van der Waals surface area contributed by atoms with E-state index < -0.39 is 20.8 Å². The Morgan fingerprint density at radius 2 is 1.41 bits per heavy atom. The number of phenols is 1. The van der Waals surface area contributed by atoms with Crippen molar-refractivity contribution in [3.63, 3.8) is 0 Å². The molecule has 7 heteroatoms. The molecule has 1 rings (SSSR count). The summed E-state index contributed by atoms with van der Waals surface area (Å²) >= 11 is 0. The molecule has 1 aromatic rings. The highest BCUT2D eigenvalue weighted by atomic mass is 32.2. The lowest BCUT2D eigenvalue weighted by Gasteiger charge is -2.48. The molecule has 0 radical (unpaired) electrons. The number of rotatable bonds is 10. The lowest BCUT2D eigenvalue weighted by molar-refractivity contribution is 0.0827. The summed E-state index contributed by atoms with van der Waals surface area (Å²) in [4.78, 5) is -0.587. The van der Waals surface area contributed by atoms with Crippen LogP contribution in [-0.2, 0) is 16.5 Å². The Hall–Kier alpha value is -1.47. The number of phenolic OH excluding ortho intramolecular Hbond substituents is 1. The summed E-state index contributed by atoms with van der Waals surface area (Å²) in [6, 6.07) is 0. The molecule has 32 heavy (non-hydrogen) atoms. The van der Waals surface area contributed by atoms with E-state index in [1.807, 2.05) is 6.92 Å². The van der Waals surface area contributed by atoms with Crippen LogP contribution < -0.4 is 9.47 Å². The molecule has 0 aromatic heterocycles. The van der Waals surface area contributed by atoms with Gasteiger partial charge in [-0.05, 0) is 35.5 Å². The van der Waals surface area contributed by atoms with Crippen molar-refractivity contribution in [2.24, 2.45) is 16.2 Å². The molecule has 0 aliphatic rings. The molecule has 6 nitrogen and oxygen atoms in total. The van der Waals surface area contributed by atoms with Gasteiger partial charge >= 0.3 is 10.1 Å². The highest BCUT2D eigenvalue weighted by Gasteiger charge is 2.47. The maximum Gasteiger partial charge on any atom is 0.301 e. The topological polar surface area (TPSA) is 93.1 Å². The summed E-state index contributed by atoms with van der Waals surface area (Å²) in [5.41, 5.74) is 0.297. The molecule has 2 N–H and O–H groups in total. The number of benzene rings is 1. The molecule has 0 fully saturated rings. The van der Waals surface area contributed by atoms with Gasteiger partial charge in [-0.2, -0.15) is 8.42 Å². The summed E-state index contributed by atoms with van der Waals surface area (Å²) in [6.45, 7) is 19.1. The van der Waals surface area contributed by atoms with Crippen LogP contribution in [-0.4, -0.2) is 32.3 Å².